The molecule has 0 saturated heterocycles. The van der Waals surface area contributed by atoms with Gasteiger partial charge >= 0.3 is 0 Å². The van der Waals surface area contributed by atoms with Gasteiger partial charge in [0.15, 0.2) is 0 Å². The second-order valence-corrected chi connectivity index (χ2v) is 9.34. The summed E-state index contributed by atoms with van der Waals surface area (Å²) < 4.78 is 0. The maximum Gasteiger partial charge on any atom is 0.0999 e. The molecule has 39 heavy (non-hydrogen) atoms. The van der Waals surface area contributed by atoms with Crippen LogP contribution >= 0.6 is 0 Å². The first-order chi connectivity index (χ1) is 19.3. The van der Waals surface area contributed by atoms with Crippen molar-refractivity contribution in [2.75, 3.05) is 0 Å². The number of benzene rings is 4. The molecule has 0 fully saturated rings. The first-order valence-corrected chi connectivity index (χ1v) is 12.8. The van der Waals surface area contributed by atoms with Crippen molar-refractivity contribution >= 4 is 0 Å². The Morgan fingerprint density at radius 1 is 0.333 bits per heavy atom. The van der Waals surface area contributed by atoms with Gasteiger partial charge in [0.25, 0.3) is 0 Å². The van der Waals surface area contributed by atoms with E-state index >= 15 is 0 Å². The summed E-state index contributed by atoms with van der Waals surface area (Å²) in [6.07, 6.45) is 5.85. The number of aromatic amines is 3. The average molecular weight is 505 g/mol. The lowest BCUT2D eigenvalue weighted by atomic mass is 9.93. The van der Waals surface area contributed by atoms with E-state index in [0.29, 0.717) is 0 Å². The predicted molar refractivity (Wildman–Crippen MR) is 155 cm³/mol. The maximum absolute atomic E-state index is 4.69. The molecule has 0 radical (unpaired) electrons. The van der Waals surface area contributed by atoms with Gasteiger partial charge in [-0.2, -0.15) is 15.3 Å². The highest BCUT2D eigenvalue weighted by Gasteiger charge is 2.19. The lowest BCUT2D eigenvalue weighted by Crippen LogP contribution is -1.91. The third kappa shape index (κ3) is 4.24. The van der Waals surface area contributed by atoms with E-state index in [9.17, 15) is 0 Å². The number of aromatic nitrogens is 6. The summed E-state index contributed by atoms with van der Waals surface area (Å²) in [5, 5.41) is 23.3. The van der Waals surface area contributed by atoms with Crippen molar-refractivity contribution in [3.8, 4) is 67.2 Å². The Balaban J connectivity index is 1.44. The zero-order valence-electron chi connectivity index (χ0n) is 21.0. The molecule has 3 heterocycles. The Bertz CT molecular complexity index is 1620. The largest absolute Gasteiger partial charge is 0.284 e. The fraction of sp³-hybridized carbons (Fsp3) is 0. The molecule has 0 atom stereocenters. The van der Waals surface area contributed by atoms with Gasteiger partial charge in [-0.25, -0.2) is 0 Å². The van der Waals surface area contributed by atoms with Crippen LogP contribution in [0.3, 0.4) is 0 Å². The van der Waals surface area contributed by atoms with Crippen molar-refractivity contribution in [3.05, 3.63) is 128 Å². The molecule has 0 aliphatic carbocycles. The number of hydrogen-bond donors (Lipinski definition) is 3. The van der Waals surface area contributed by atoms with Crippen molar-refractivity contribution in [2.45, 2.75) is 0 Å². The highest BCUT2D eigenvalue weighted by Crippen LogP contribution is 2.40. The minimum atomic E-state index is 0.873. The Morgan fingerprint density at radius 2 is 0.615 bits per heavy atom. The molecule has 7 aromatic rings. The number of nitrogens with one attached hydrogen (secondary N) is 3. The summed E-state index contributed by atoms with van der Waals surface area (Å²) in [5.41, 5.74) is 12.0. The van der Waals surface area contributed by atoms with Gasteiger partial charge in [-0.05, 0) is 34.9 Å². The van der Waals surface area contributed by atoms with Crippen molar-refractivity contribution in [1.29, 1.82) is 0 Å². The minimum Gasteiger partial charge on any atom is -0.284 e. The van der Waals surface area contributed by atoms with E-state index in [2.05, 4.69) is 85.2 Å². The van der Waals surface area contributed by atoms with Gasteiger partial charge in [-0.15, -0.1) is 0 Å². The third-order valence-electron chi connectivity index (χ3n) is 6.93. The Hall–Kier alpha value is -5.49. The number of rotatable bonds is 6. The molecule has 0 saturated carbocycles. The highest BCUT2D eigenvalue weighted by atomic mass is 15.1. The molecule has 0 aliphatic heterocycles. The van der Waals surface area contributed by atoms with Crippen LogP contribution in [0.1, 0.15) is 0 Å². The van der Waals surface area contributed by atoms with E-state index < -0.39 is 0 Å². The van der Waals surface area contributed by atoms with Crippen molar-refractivity contribution < 1.29 is 0 Å². The van der Waals surface area contributed by atoms with E-state index in [-0.39, 0.29) is 0 Å². The van der Waals surface area contributed by atoms with Gasteiger partial charge < -0.3 is 0 Å². The van der Waals surface area contributed by atoms with E-state index in [1.54, 1.807) is 0 Å². The van der Waals surface area contributed by atoms with Crippen LogP contribution in [-0.4, -0.2) is 30.6 Å². The van der Waals surface area contributed by atoms with Crippen molar-refractivity contribution in [3.63, 3.8) is 0 Å². The van der Waals surface area contributed by atoms with Crippen LogP contribution in [0.4, 0.5) is 0 Å². The number of H-pyrrole nitrogens is 3. The monoisotopic (exact) mass is 504 g/mol. The van der Waals surface area contributed by atoms with Crippen LogP contribution < -0.4 is 0 Å². The summed E-state index contributed by atoms with van der Waals surface area (Å²) >= 11 is 0. The van der Waals surface area contributed by atoms with E-state index in [4.69, 9.17) is 0 Å². The molecule has 0 spiro atoms. The second kappa shape index (κ2) is 9.76. The summed E-state index contributed by atoms with van der Waals surface area (Å²) in [6, 6.07) is 37.4. The number of hydrogen-bond acceptors (Lipinski definition) is 3. The summed E-state index contributed by atoms with van der Waals surface area (Å²) in [5.74, 6) is 0. The standard InChI is InChI=1S/C33H24N6/c1-4-10-22(11-5-1)28-19-34-37-31(28)25-16-26(32-29(20-35-38-32)23-12-6-2-7-13-23)18-27(17-25)33-30(21-36-39-33)24-14-8-3-9-15-24/h1-21H,(H,34,37)(H,35,38)(H,36,39). The van der Waals surface area contributed by atoms with Gasteiger partial charge in [0.05, 0.1) is 17.1 Å². The topological polar surface area (TPSA) is 86.0 Å². The Labute approximate surface area is 225 Å². The predicted octanol–water partition coefficient (Wildman–Crippen LogP) is 7.86. The van der Waals surface area contributed by atoms with Crippen LogP contribution in [0.25, 0.3) is 67.2 Å². The van der Waals surface area contributed by atoms with Gasteiger partial charge in [-0.1, -0.05) is 91.0 Å². The molecule has 6 nitrogen and oxygen atoms in total. The molecule has 0 amide bonds. The fourth-order valence-electron chi connectivity index (χ4n) is 5.08. The van der Waals surface area contributed by atoms with Gasteiger partial charge in [0, 0.05) is 52.0 Å². The van der Waals surface area contributed by atoms with E-state index in [0.717, 1.165) is 67.2 Å². The molecule has 0 aliphatic rings. The zero-order valence-corrected chi connectivity index (χ0v) is 21.0. The van der Waals surface area contributed by atoms with Crippen molar-refractivity contribution in [2.24, 2.45) is 0 Å². The zero-order chi connectivity index (χ0) is 26.0. The Morgan fingerprint density at radius 3 is 0.897 bits per heavy atom. The molecule has 4 aromatic carbocycles. The second-order valence-electron chi connectivity index (χ2n) is 9.34. The number of nitrogens with zero attached hydrogens (tertiary/aromatic N) is 3. The lowest BCUT2D eigenvalue weighted by Gasteiger charge is -2.11. The molecule has 3 N–H and O–H groups in total. The molecule has 0 unspecified atom stereocenters. The molecule has 6 heteroatoms. The van der Waals surface area contributed by atoms with Crippen LogP contribution in [0.15, 0.2) is 128 Å². The van der Waals surface area contributed by atoms with Gasteiger partial charge in [0.2, 0.25) is 0 Å². The minimum absolute atomic E-state index is 0.873. The normalized spacial score (nSPS) is 11.1. The fourth-order valence-corrected chi connectivity index (χ4v) is 5.08. The molecule has 3 aromatic heterocycles. The van der Waals surface area contributed by atoms with E-state index in [1.165, 1.54) is 0 Å². The van der Waals surface area contributed by atoms with Crippen LogP contribution in [0.5, 0.6) is 0 Å². The van der Waals surface area contributed by atoms with E-state index in [1.807, 2.05) is 73.2 Å². The SMILES string of the molecule is c1ccc(-c2c[nH]nc2-c2cc(-c3n[nH]cc3-c3ccccc3)cc(-c3n[nH]cc3-c3ccccc3)c2)cc1. The van der Waals surface area contributed by atoms with Crippen LogP contribution in [0.2, 0.25) is 0 Å². The molecule has 186 valence electrons. The molecule has 7 rings (SSSR count). The highest BCUT2D eigenvalue weighted by molar-refractivity contribution is 5.91. The van der Waals surface area contributed by atoms with Crippen LogP contribution in [0, 0.1) is 0 Å². The molecular weight excluding hydrogens is 480 g/mol. The Kier molecular flexibility index (Phi) is 5.68. The first kappa shape index (κ1) is 22.7. The molecular formula is C33H24N6. The van der Waals surface area contributed by atoms with Crippen LogP contribution in [-0.2, 0) is 0 Å². The lowest BCUT2D eigenvalue weighted by molar-refractivity contribution is 1.09. The summed E-state index contributed by atoms with van der Waals surface area (Å²) in [6.45, 7) is 0. The van der Waals surface area contributed by atoms with Gasteiger partial charge in [-0.3, -0.25) is 15.3 Å². The summed E-state index contributed by atoms with van der Waals surface area (Å²) in [4.78, 5) is 0. The van der Waals surface area contributed by atoms with Crippen molar-refractivity contribution in [1.82, 2.24) is 30.6 Å². The smallest absolute Gasteiger partial charge is 0.0999 e. The summed E-state index contributed by atoms with van der Waals surface area (Å²) in [7, 11) is 0. The third-order valence-corrected chi connectivity index (χ3v) is 6.93. The average Bonchev–Trinajstić information content (AvgIpc) is 3.79. The molecule has 0 bridgehead atoms. The van der Waals surface area contributed by atoms with Gasteiger partial charge in [0.1, 0.15) is 0 Å². The maximum atomic E-state index is 4.69. The first-order valence-electron chi connectivity index (χ1n) is 12.8. The quantitative estimate of drug-likeness (QED) is 0.215.